The molecule has 7 heteroatoms. The SMILES string of the molecule is CCNC(=O)c1noc([C@@H](O)CN)n1. The fourth-order valence-corrected chi connectivity index (χ4v) is 0.803. The first-order valence-corrected chi connectivity index (χ1v) is 4.19. The molecule has 1 aromatic heterocycles. The van der Waals surface area contributed by atoms with Crippen LogP contribution in [0.4, 0.5) is 0 Å². The molecule has 1 atom stereocenters. The van der Waals surface area contributed by atoms with E-state index < -0.39 is 12.0 Å². The number of amides is 1. The molecule has 14 heavy (non-hydrogen) atoms. The highest BCUT2D eigenvalue weighted by atomic mass is 16.5. The van der Waals surface area contributed by atoms with E-state index in [1.54, 1.807) is 6.92 Å². The Morgan fingerprint density at radius 2 is 2.50 bits per heavy atom. The summed E-state index contributed by atoms with van der Waals surface area (Å²) in [6.45, 7) is 2.22. The molecule has 0 aromatic carbocycles. The van der Waals surface area contributed by atoms with Crippen molar-refractivity contribution in [1.82, 2.24) is 15.5 Å². The second-order valence-electron chi connectivity index (χ2n) is 2.57. The smallest absolute Gasteiger partial charge is 0.292 e. The van der Waals surface area contributed by atoms with Crippen LogP contribution in [0.25, 0.3) is 0 Å². The number of nitrogens with zero attached hydrogens (tertiary/aromatic N) is 2. The third-order valence-electron chi connectivity index (χ3n) is 1.49. The van der Waals surface area contributed by atoms with Gasteiger partial charge in [-0.15, -0.1) is 0 Å². The lowest BCUT2D eigenvalue weighted by molar-refractivity contribution is 0.0942. The molecule has 0 spiro atoms. The summed E-state index contributed by atoms with van der Waals surface area (Å²) in [6.07, 6.45) is -1.02. The van der Waals surface area contributed by atoms with Gasteiger partial charge in [-0.1, -0.05) is 5.16 Å². The molecule has 4 N–H and O–H groups in total. The first-order valence-electron chi connectivity index (χ1n) is 4.19. The molecule has 0 bridgehead atoms. The lowest BCUT2D eigenvalue weighted by Crippen LogP contribution is -2.24. The Morgan fingerprint density at radius 3 is 3.07 bits per heavy atom. The van der Waals surface area contributed by atoms with Crippen LogP contribution in [0.3, 0.4) is 0 Å². The van der Waals surface area contributed by atoms with Gasteiger partial charge in [-0.3, -0.25) is 4.79 Å². The van der Waals surface area contributed by atoms with E-state index >= 15 is 0 Å². The summed E-state index contributed by atoms with van der Waals surface area (Å²) in [6, 6.07) is 0. The Hall–Kier alpha value is -1.47. The number of hydrogen-bond donors (Lipinski definition) is 3. The predicted octanol–water partition coefficient (Wildman–Crippen LogP) is -1.19. The monoisotopic (exact) mass is 200 g/mol. The van der Waals surface area contributed by atoms with Gasteiger partial charge < -0.3 is 20.7 Å². The van der Waals surface area contributed by atoms with Gasteiger partial charge in [0.2, 0.25) is 0 Å². The van der Waals surface area contributed by atoms with Crippen molar-refractivity contribution in [3.63, 3.8) is 0 Å². The normalized spacial score (nSPS) is 12.5. The van der Waals surface area contributed by atoms with Gasteiger partial charge in [-0.05, 0) is 6.92 Å². The van der Waals surface area contributed by atoms with Gasteiger partial charge in [0, 0.05) is 13.1 Å². The van der Waals surface area contributed by atoms with Crippen molar-refractivity contribution in [1.29, 1.82) is 0 Å². The second-order valence-corrected chi connectivity index (χ2v) is 2.57. The van der Waals surface area contributed by atoms with Crippen LogP contribution in [-0.4, -0.2) is 34.2 Å². The molecule has 0 aliphatic heterocycles. The van der Waals surface area contributed by atoms with E-state index in [0.717, 1.165) is 0 Å². The quantitative estimate of drug-likeness (QED) is 0.563. The molecule has 1 rings (SSSR count). The molecule has 0 aliphatic carbocycles. The van der Waals surface area contributed by atoms with Crippen molar-refractivity contribution >= 4 is 5.91 Å². The summed E-state index contributed by atoms with van der Waals surface area (Å²) in [7, 11) is 0. The second kappa shape index (κ2) is 4.68. The van der Waals surface area contributed by atoms with Crippen LogP contribution >= 0.6 is 0 Å². The molecule has 1 amide bonds. The predicted molar refractivity (Wildman–Crippen MR) is 46.3 cm³/mol. The van der Waals surface area contributed by atoms with Gasteiger partial charge in [0.15, 0.2) is 0 Å². The highest BCUT2D eigenvalue weighted by Crippen LogP contribution is 2.07. The van der Waals surface area contributed by atoms with Crippen LogP contribution in [0.1, 0.15) is 29.5 Å². The van der Waals surface area contributed by atoms with Crippen LogP contribution in [0.5, 0.6) is 0 Å². The summed E-state index contributed by atoms with van der Waals surface area (Å²) >= 11 is 0. The van der Waals surface area contributed by atoms with Crippen LogP contribution in [-0.2, 0) is 0 Å². The van der Waals surface area contributed by atoms with Crippen LogP contribution < -0.4 is 11.1 Å². The number of nitrogens with two attached hydrogens (primary N) is 1. The molecule has 78 valence electrons. The third-order valence-corrected chi connectivity index (χ3v) is 1.49. The number of aromatic nitrogens is 2. The topological polar surface area (TPSA) is 114 Å². The van der Waals surface area contributed by atoms with Gasteiger partial charge in [-0.2, -0.15) is 4.98 Å². The van der Waals surface area contributed by atoms with Crippen LogP contribution in [0, 0.1) is 0 Å². The van der Waals surface area contributed by atoms with E-state index in [1.807, 2.05) is 0 Å². The maximum absolute atomic E-state index is 11.2. The van der Waals surface area contributed by atoms with E-state index in [2.05, 4.69) is 20.0 Å². The molecule has 0 saturated heterocycles. The average Bonchev–Trinajstić information content (AvgIpc) is 2.66. The number of aliphatic hydroxyl groups excluding tert-OH is 1. The Bertz CT molecular complexity index is 312. The minimum atomic E-state index is -1.02. The van der Waals surface area contributed by atoms with Crippen molar-refractivity contribution in [2.45, 2.75) is 13.0 Å². The Kier molecular flexibility index (Phi) is 3.55. The number of aliphatic hydroxyl groups is 1. The summed E-state index contributed by atoms with van der Waals surface area (Å²) in [4.78, 5) is 14.8. The zero-order valence-corrected chi connectivity index (χ0v) is 7.73. The first-order chi connectivity index (χ1) is 6.69. The molecule has 0 radical (unpaired) electrons. The molecule has 7 nitrogen and oxygen atoms in total. The van der Waals surface area contributed by atoms with Crippen LogP contribution in [0.15, 0.2) is 4.52 Å². The maximum atomic E-state index is 11.2. The van der Waals surface area contributed by atoms with E-state index in [1.165, 1.54) is 0 Å². The van der Waals surface area contributed by atoms with Crippen molar-refractivity contribution in [2.75, 3.05) is 13.1 Å². The number of rotatable bonds is 4. The van der Waals surface area contributed by atoms with Gasteiger partial charge in [0.05, 0.1) is 0 Å². The fraction of sp³-hybridized carbons (Fsp3) is 0.571. The van der Waals surface area contributed by atoms with Crippen molar-refractivity contribution in [2.24, 2.45) is 5.73 Å². The fourth-order valence-electron chi connectivity index (χ4n) is 0.803. The molecule has 0 saturated carbocycles. The van der Waals surface area contributed by atoms with Gasteiger partial charge >= 0.3 is 0 Å². The summed E-state index contributed by atoms with van der Waals surface area (Å²) in [5.41, 5.74) is 5.17. The van der Waals surface area contributed by atoms with Gasteiger partial charge in [0.25, 0.3) is 17.6 Å². The maximum Gasteiger partial charge on any atom is 0.292 e. The Morgan fingerprint density at radius 1 is 1.79 bits per heavy atom. The number of hydrogen-bond acceptors (Lipinski definition) is 6. The van der Waals surface area contributed by atoms with Crippen LogP contribution in [0.2, 0.25) is 0 Å². The lowest BCUT2D eigenvalue weighted by Gasteiger charge is -1.98. The van der Waals surface area contributed by atoms with Crippen molar-refractivity contribution < 1.29 is 14.4 Å². The number of carbonyl (C=O) groups is 1. The van der Waals surface area contributed by atoms with E-state index in [-0.39, 0.29) is 18.3 Å². The zero-order valence-electron chi connectivity index (χ0n) is 7.73. The molecular formula is C7H12N4O3. The highest BCUT2D eigenvalue weighted by Gasteiger charge is 2.18. The van der Waals surface area contributed by atoms with E-state index in [9.17, 15) is 9.90 Å². The summed E-state index contributed by atoms with van der Waals surface area (Å²) in [5, 5.41) is 15.1. The average molecular weight is 200 g/mol. The number of nitrogens with one attached hydrogen (secondary N) is 1. The molecule has 1 aromatic rings. The van der Waals surface area contributed by atoms with Crippen molar-refractivity contribution in [3.05, 3.63) is 11.7 Å². The standard InChI is InChI=1S/C7H12N4O3/c1-2-9-6(13)5-10-7(14-11-5)4(12)3-8/h4,12H,2-3,8H2,1H3,(H,9,13)/t4-/m0/s1. The molecular weight excluding hydrogens is 188 g/mol. The van der Waals surface area contributed by atoms with Gasteiger partial charge in [0.1, 0.15) is 6.10 Å². The van der Waals surface area contributed by atoms with Crippen molar-refractivity contribution in [3.8, 4) is 0 Å². The highest BCUT2D eigenvalue weighted by molar-refractivity contribution is 5.90. The minimum Gasteiger partial charge on any atom is -0.382 e. The minimum absolute atomic E-state index is 0.0307. The van der Waals surface area contributed by atoms with E-state index in [4.69, 9.17) is 5.73 Å². The van der Waals surface area contributed by atoms with E-state index in [0.29, 0.717) is 6.54 Å². The lowest BCUT2D eigenvalue weighted by atomic mass is 10.3. The summed E-state index contributed by atoms with van der Waals surface area (Å²) in [5.74, 6) is -0.588. The molecule has 0 aliphatic rings. The summed E-state index contributed by atoms with van der Waals surface area (Å²) < 4.78 is 4.63. The third kappa shape index (κ3) is 2.27. The van der Waals surface area contributed by atoms with Gasteiger partial charge in [-0.25, -0.2) is 0 Å². The number of carbonyl (C=O) groups excluding carboxylic acids is 1. The molecule has 0 fully saturated rings. The zero-order chi connectivity index (χ0) is 10.6. The first kappa shape index (κ1) is 10.6. The Labute approximate surface area is 80.3 Å². The molecule has 1 heterocycles. The molecule has 0 unspecified atom stereocenters. The Balaban J connectivity index is 2.72. The largest absolute Gasteiger partial charge is 0.382 e.